The minimum absolute atomic E-state index is 0.0670. The number of hydrogen-bond acceptors (Lipinski definition) is 4. The van der Waals surface area contributed by atoms with Crippen molar-refractivity contribution in [1.82, 2.24) is 10.2 Å². The van der Waals surface area contributed by atoms with Crippen molar-refractivity contribution >= 4 is 22.5 Å². The lowest BCUT2D eigenvalue weighted by molar-refractivity contribution is 0.0860. The highest BCUT2D eigenvalue weighted by Gasteiger charge is 2.40. The molecule has 5 nitrogen and oxygen atoms in total. The van der Waals surface area contributed by atoms with Crippen LogP contribution in [-0.4, -0.2) is 39.8 Å². The number of fused-ring (bicyclic) bond motifs is 1. The molecule has 0 aliphatic carbocycles. The number of rotatable bonds is 3. The topological polar surface area (TPSA) is 69.2 Å². The van der Waals surface area contributed by atoms with E-state index in [4.69, 9.17) is 0 Å². The summed E-state index contributed by atoms with van der Waals surface area (Å²) in [6, 6.07) is 16.3. The molecule has 1 aliphatic rings. The molecular weight excluding hydrogens is 290 g/mol. The lowest BCUT2D eigenvalue weighted by atomic mass is 10.0. The van der Waals surface area contributed by atoms with Gasteiger partial charge in [-0.25, -0.2) is 0 Å². The molecular formula is C18H17N3O2. The summed E-state index contributed by atoms with van der Waals surface area (Å²) in [5.41, 5.74) is 1.54. The second-order valence-electron chi connectivity index (χ2n) is 5.82. The first-order valence-corrected chi connectivity index (χ1v) is 7.73. The van der Waals surface area contributed by atoms with Crippen molar-refractivity contribution in [2.24, 2.45) is 0 Å². The van der Waals surface area contributed by atoms with Gasteiger partial charge in [0.25, 0.3) is 0 Å². The normalized spacial score (nSPS) is 21.0. The lowest BCUT2D eigenvalue weighted by Crippen LogP contribution is -2.42. The smallest absolute Gasteiger partial charge is 0.187 e. The number of nitrogens with one attached hydrogen (secondary N) is 1. The monoisotopic (exact) mass is 307 g/mol. The molecule has 3 aromatic rings. The van der Waals surface area contributed by atoms with E-state index in [1.165, 1.54) is 0 Å². The molecule has 0 amide bonds. The van der Waals surface area contributed by atoms with Crippen LogP contribution in [0.4, 0.5) is 5.82 Å². The number of aliphatic hydroxyl groups is 1. The van der Waals surface area contributed by atoms with Gasteiger partial charge in [-0.15, -0.1) is 0 Å². The summed E-state index contributed by atoms with van der Waals surface area (Å²) < 4.78 is 0. The fraction of sp³-hybridized carbons (Fsp3) is 0.222. The van der Waals surface area contributed by atoms with Crippen LogP contribution in [0.2, 0.25) is 0 Å². The van der Waals surface area contributed by atoms with Crippen LogP contribution in [0.3, 0.4) is 0 Å². The molecule has 1 saturated heterocycles. The van der Waals surface area contributed by atoms with E-state index in [9.17, 15) is 9.90 Å². The predicted octanol–water partition coefficient (Wildman–Crippen LogP) is 2.39. The Balaban J connectivity index is 1.74. The summed E-state index contributed by atoms with van der Waals surface area (Å²) in [6.45, 7) is 0.610. The van der Waals surface area contributed by atoms with Crippen LogP contribution in [-0.2, 0) is 0 Å². The van der Waals surface area contributed by atoms with Crippen LogP contribution < -0.4 is 4.90 Å². The van der Waals surface area contributed by atoms with Gasteiger partial charge >= 0.3 is 0 Å². The van der Waals surface area contributed by atoms with Crippen LogP contribution in [0.15, 0.2) is 54.6 Å². The van der Waals surface area contributed by atoms with E-state index in [1.807, 2.05) is 47.4 Å². The van der Waals surface area contributed by atoms with Gasteiger partial charge in [0.2, 0.25) is 0 Å². The summed E-state index contributed by atoms with van der Waals surface area (Å²) in [7, 11) is 0. The number of aromatic amines is 1. The zero-order valence-electron chi connectivity index (χ0n) is 12.5. The highest BCUT2D eigenvalue weighted by atomic mass is 16.3. The summed E-state index contributed by atoms with van der Waals surface area (Å²) in [6.07, 6.45) is -0.122. The molecule has 2 heterocycles. The molecule has 2 unspecified atom stereocenters. The average Bonchev–Trinajstić information content (AvgIpc) is 3.18. The van der Waals surface area contributed by atoms with Gasteiger partial charge in [-0.05, 0) is 18.6 Å². The second kappa shape index (κ2) is 5.52. The molecule has 2 N–H and O–H groups in total. The Bertz CT molecular complexity index is 844. The number of hydrogen-bond donors (Lipinski definition) is 2. The molecule has 23 heavy (non-hydrogen) atoms. The number of aliphatic hydroxyl groups excluding tert-OH is 1. The molecule has 2 aromatic carbocycles. The highest BCUT2D eigenvalue weighted by Crippen LogP contribution is 2.31. The lowest BCUT2D eigenvalue weighted by Gasteiger charge is -2.25. The first-order valence-electron chi connectivity index (χ1n) is 7.73. The SMILES string of the molecule is O=C(c1ccccc1)C1C(O)CCN1c1n[nH]c2ccccc12. The van der Waals surface area contributed by atoms with Crippen LogP contribution in [0.1, 0.15) is 16.8 Å². The number of carbonyl (C=O) groups is 1. The van der Waals surface area contributed by atoms with E-state index in [2.05, 4.69) is 10.2 Å². The number of benzene rings is 2. The van der Waals surface area contributed by atoms with Crippen molar-refractivity contribution in [1.29, 1.82) is 0 Å². The number of carbonyl (C=O) groups excluding carboxylic acids is 1. The third-order valence-electron chi connectivity index (χ3n) is 4.42. The van der Waals surface area contributed by atoms with Gasteiger partial charge in [-0.2, -0.15) is 5.10 Å². The Hall–Kier alpha value is -2.66. The molecule has 2 atom stereocenters. The average molecular weight is 307 g/mol. The minimum atomic E-state index is -0.682. The maximum Gasteiger partial charge on any atom is 0.187 e. The van der Waals surface area contributed by atoms with Gasteiger partial charge < -0.3 is 10.0 Å². The molecule has 116 valence electrons. The molecule has 1 aliphatic heterocycles. The van der Waals surface area contributed by atoms with Gasteiger partial charge in [0, 0.05) is 17.5 Å². The van der Waals surface area contributed by atoms with Crippen molar-refractivity contribution in [3.05, 3.63) is 60.2 Å². The number of H-pyrrole nitrogens is 1. The maximum absolute atomic E-state index is 12.9. The van der Waals surface area contributed by atoms with Crippen LogP contribution >= 0.6 is 0 Å². The Labute approximate surface area is 133 Å². The molecule has 1 fully saturated rings. The van der Waals surface area contributed by atoms with E-state index in [-0.39, 0.29) is 5.78 Å². The molecule has 5 heteroatoms. The molecule has 0 radical (unpaired) electrons. The van der Waals surface area contributed by atoms with Crippen molar-refractivity contribution < 1.29 is 9.90 Å². The largest absolute Gasteiger partial charge is 0.390 e. The quantitative estimate of drug-likeness (QED) is 0.729. The zero-order chi connectivity index (χ0) is 15.8. The van der Waals surface area contributed by atoms with E-state index in [1.54, 1.807) is 12.1 Å². The number of aromatic nitrogens is 2. The molecule has 1 aromatic heterocycles. The number of anilines is 1. The second-order valence-corrected chi connectivity index (χ2v) is 5.82. The summed E-state index contributed by atoms with van der Waals surface area (Å²) in [5, 5.41) is 18.7. The Morgan fingerprint density at radius 2 is 1.87 bits per heavy atom. The number of ketones is 1. The summed E-state index contributed by atoms with van der Waals surface area (Å²) in [5.74, 6) is 0.661. The van der Waals surface area contributed by atoms with Gasteiger partial charge in [0.1, 0.15) is 6.04 Å². The van der Waals surface area contributed by atoms with Gasteiger partial charge in [0.15, 0.2) is 11.6 Å². The maximum atomic E-state index is 12.9. The van der Waals surface area contributed by atoms with Crippen LogP contribution in [0.25, 0.3) is 10.9 Å². The number of nitrogens with zero attached hydrogens (tertiary/aromatic N) is 2. The summed E-state index contributed by atoms with van der Waals surface area (Å²) in [4.78, 5) is 14.8. The van der Waals surface area contributed by atoms with E-state index < -0.39 is 12.1 Å². The van der Waals surface area contributed by atoms with Crippen molar-refractivity contribution in [3.8, 4) is 0 Å². The Kier molecular flexibility index (Phi) is 3.35. The Morgan fingerprint density at radius 3 is 2.70 bits per heavy atom. The Morgan fingerprint density at radius 1 is 1.13 bits per heavy atom. The molecule has 0 bridgehead atoms. The van der Waals surface area contributed by atoms with E-state index in [0.717, 1.165) is 16.7 Å². The highest BCUT2D eigenvalue weighted by molar-refractivity contribution is 6.04. The standard InChI is InChI=1S/C18H17N3O2/c22-15-10-11-21(16(15)17(23)12-6-2-1-3-7-12)18-13-8-4-5-9-14(13)19-20-18/h1-9,15-16,22H,10-11H2,(H,19,20). The van der Waals surface area contributed by atoms with E-state index >= 15 is 0 Å². The predicted molar refractivity (Wildman–Crippen MR) is 88.6 cm³/mol. The zero-order valence-corrected chi connectivity index (χ0v) is 12.5. The number of Topliss-reactive ketones (excluding diaryl/α,β-unsaturated/α-hetero) is 1. The molecule has 0 spiro atoms. The molecule has 4 rings (SSSR count). The van der Waals surface area contributed by atoms with Crippen LogP contribution in [0, 0.1) is 0 Å². The van der Waals surface area contributed by atoms with E-state index in [0.29, 0.717) is 18.5 Å². The van der Waals surface area contributed by atoms with Crippen molar-refractivity contribution in [2.75, 3.05) is 11.4 Å². The molecule has 0 saturated carbocycles. The fourth-order valence-corrected chi connectivity index (χ4v) is 3.27. The van der Waals surface area contributed by atoms with Gasteiger partial charge in [0.05, 0.1) is 11.6 Å². The van der Waals surface area contributed by atoms with Gasteiger partial charge in [-0.1, -0.05) is 42.5 Å². The van der Waals surface area contributed by atoms with Crippen molar-refractivity contribution in [2.45, 2.75) is 18.6 Å². The van der Waals surface area contributed by atoms with Gasteiger partial charge in [-0.3, -0.25) is 9.89 Å². The summed E-state index contributed by atoms with van der Waals surface area (Å²) >= 11 is 0. The third-order valence-corrected chi connectivity index (χ3v) is 4.42. The van der Waals surface area contributed by atoms with Crippen molar-refractivity contribution in [3.63, 3.8) is 0 Å². The third kappa shape index (κ3) is 2.29. The number of para-hydroxylation sites is 1. The minimum Gasteiger partial charge on any atom is -0.390 e. The fourth-order valence-electron chi connectivity index (χ4n) is 3.27. The first-order chi connectivity index (χ1) is 11.3. The first kappa shape index (κ1) is 14.0. The van der Waals surface area contributed by atoms with Crippen LogP contribution in [0.5, 0.6) is 0 Å².